The van der Waals surface area contributed by atoms with Crippen molar-refractivity contribution in [2.75, 3.05) is 13.2 Å². The molecule has 0 heterocycles. The highest BCUT2D eigenvalue weighted by Gasteiger charge is 2.69. The Kier molecular flexibility index (Phi) is 4.63. The number of amides is 2. The highest BCUT2D eigenvalue weighted by molar-refractivity contribution is 9.10. The number of benzene rings is 1. The Morgan fingerprint density at radius 1 is 1.04 bits per heavy atom. The first kappa shape index (κ1) is 17.7. The van der Waals surface area contributed by atoms with Crippen LogP contribution in [-0.2, 0) is 16.1 Å². The summed E-state index contributed by atoms with van der Waals surface area (Å²) < 4.78 is 13.5. The smallest absolute Gasteiger partial charge is 0.224 e. The monoisotopic (exact) mass is 420 g/mol. The van der Waals surface area contributed by atoms with Gasteiger partial charge in [-0.2, -0.15) is 0 Å². The molecule has 0 aliphatic heterocycles. The minimum Gasteiger partial charge on any atom is -0.353 e. The Balaban J connectivity index is 1.49. The molecule has 2 saturated carbocycles. The SMILES string of the molecule is O=C(NCCF)[C@H]1[C@H](C(=O)NCc2ccc(Br)cc2)[C@@H]2C=C[C@H]1C21CC1. The highest BCUT2D eigenvalue weighted by atomic mass is 79.9. The number of hydrogen-bond donors (Lipinski definition) is 2. The highest BCUT2D eigenvalue weighted by Crippen LogP contribution is 2.72. The van der Waals surface area contributed by atoms with Crippen LogP contribution in [0.1, 0.15) is 18.4 Å². The number of carbonyl (C=O) groups is 2. The largest absolute Gasteiger partial charge is 0.353 e. The van der Waals surface area contributed by atoms with Crippen LogP contribution in [-0.4, -0.2) is 25.0 Å². The van der Waals surface area contributed by atoms with Gasteiger partial charge in [-0.25, -0.2) is 4.39 Å². The van der Waals surface area contributed by atoms with E-state index in [4.69, 9.17) is 0 Å². The van der Waals surface area contributed by atoms with E-state index in [0.29, 0.717) is 6.54 Å². The van der Waals surface area contributed by atoms with Gasteiger partial charge in [-0.3, -0.25) is 9.59 Å². The Hall–Kier alpha value is -1.69. The van der Waals surface area contributed by atoms with Crippen LogP contribution in [0.25, 0.3) is 0 Å². The van der Waals surface area contributed by atoms with Gasteiger partial charge in [-0.05, 0) is 47.8 Å². The van der Waals surface area contributed by atoms with E-state index in [9.17, 15) is 14.0 Å². The van der Waals surface area contributed by atoms with Gasteiger partial charge in [0.05, 0.1) is 11.8 Å². The van der Waals surface area contributed by atoms with Crippen molar-refractivity contribution in [2.24, 2.45) is 29.1 Å². The van der Waals surface area contributed by atoms with Gasteiger partial charge in [-0.1, -0.05) is 40.2 Å². The molecule has 4 atom stereocenters. The third-order valence-corrected chi connectivity index (χ3v) is 6.75. The van der Waals surface area contributed by atoms with Crippen molar-refractivity contribution in [3.63, 3.8) is 0 Å². The quantitative estimate of drug-likeness (QED) is 0.694. The zero-order valence-electron chi connectivity index (χ0n) is 14.4. The molecule has 0 radical (unpaired) electrons. The number of nitrogens with one attached hydrogen (secondary N) is 2. The van der Waals surface area contributed by atoms with E-state index in [1.54, 1.807) is 0 Å². The molecule has 26 heavy (non-hydrogen) atoms. The van der Waals surface area contributed by atoms with E-state index in [-0.39, 0.29) is 47.4 Å². The van der Waals surface area contributed by atoms with E-state index in [1.807, 2.05) is 24.3 Å². The molecule has 2 N–H and O–H groups in total. The minimum atomic E-state index is -0.589. The molecule has 0 unspecified atom stereocenters. The lowest BCUT2D eigenvalue weighted by molar-refractivity contribution is -0.135. The van der Waals surface area contributed by atoms with Crippen molar-refractivity contribution in [3.8, 4) is 0 Å². The van der Waals surface area contributed by atoms with Crippen LogP contribution in [0, 0.1) is 29.1 Å². The molecule has 6 heteroatoms. The van der Waals surface area contributed by atoms with Gasteiger partial charge < -0.3 is 10.6 Å². The lowest BCUT2D eigenvalue weighted by atomic mass is 9.81. The molecule has 3 aliphatic rings. The predicted octanol–water partition coefficient (Wildman–Crippen LogP) is 2.98. The zero-order chi connectivity index (χ0) is 18.3. The Labute approximate surface area is 160 Å². The third-order valence-electron chi connectivity index (χ3n) is 6.22. The van der Waals surface area contributed by atoms with Crippen molar-refractivity contribution in [1.82, 2.24) is 10.6 Å². The maximum absolute atomic E-state index is 13.0. The summed E-state index contributed by atoms with van der Waals surface area (Å²) in [6, 6.07) is 7.79. The molecule has 138 valence electrons. The van der Waals surface area contributed by atoms with Gasteiger partial charge in [0, 0.05) is 17.6 Å². The lowest BCUT2D eigenvalue weighted by Crippen LogP contribution is -2.44. The maximum atomic E-state index is 13.0. The number of alkyl halides is 1. The van der Waals surface area contributed by atoms with Gasteiger partial charge in [0.25, 0.3) is 0 Å². The maximum Gasteiger partial charge on any atom is 0.224 e. The lowest BCUT2D eigenvalue weighted by Gasteiger charge is -2.26. The number of allylic oxidation sites excluding steroid dienone is 2. The summed E-state index contributed by atoms with van der Waals surface area (Å²) in [5.41, 5.74) is 1.11. The fourth-order valence-corrected chi connectivity index (χ4v) is 5.17. The fourth-order valence-electron chi connectivity index (χ4n) is 4.91. The van der Waals surface area contributed by atoms with Crippen LogP contribution in [0.2, 0.25) is 0 Å². The number of hydrogen-bond acceptors (Lipinski definition) is 2. The molecule has 2 bridgehead atoms. The number of rotatable bonds is 6. The molecule has 3 aliphatic carbocycles. The van der Waals surface area contributed by atoms with Gasteiger partial charge >= 0.3 is 0 Å². The van der Waals surface area contributed by atoms with Gasteiger partial charge in [0.2, 0.25) is 11.8 Å². The average molecular weight is 421 g/mol. The van der Waals surface area contributed by atoms with Crippen molar-refractivity contribution in [1.29, 1.82) is 0 Å². The summed E-state index contributed by atoms with van der Waals surface area (Å²) in [7, 11) is 0. The second-order valence-corrected chi connectivity index (χ2v) is 8.46. The molecule has 0 aromatic heterocycles. The van der Waals surface area contributed by atoms with Crippen LogP contribution in [0.5, 0.6) is 0 Å². The molecule has 4 nitrogen and oxygen atoms in total. The van der Waals surface area contributed by atoms with Gasteiger partial charge in [0.1, 0.15) is 6.67 Å². The molecule has 1 aromatic carbocycles. The van der Waals surface area contributed by atoms with Crippen LogP contribution in [0.15, 0.2) is 40.9 Å². The molecule has 1 aromatic rings. The second kappa shape index (κ2) is 6.80. The number of halogens is 2. The number of carbonyl (C=O) groups excluding carboxylic acids is 2. The zero-order valence-corrected chi connectivity index (χ0v) is 16.0. The molecule has 0 saturated heterocycles. The summed E-state index contributed by atoms with van der Waals surface area (Å²) >= 11 is 3.40. The van der Waals surface area contributed by atoms with Crippen LogP contribution in [0.4, 0.5) is 4.39 Å². The normalized spacial score (nSPS) is 29.8. The Morgan fingerprint density at radius 3 is 2.15 bits per heavy atom. The van der Waals surface area contributed by atoms with Crippen molar-refractivity contribution < 1.29 is 14.0 Å². The van der Waals surface area contributed by atoms with Gasteiger partial charge in [0.15, 0.2) is 0 Å². The first-order chi connectivity index (χ1) is 12.6. The van der Waals surface area contributed by atoms with Crippen LogP contribution < -0.4 is 10.6 Å². The standard InChI is InChI=1S/C20H22BrFN2O2/c21-13-3-1-12(2-4-13)11-24-19(26)17-15-6-5-14(20(15)7-8-20)16(17)18(25)23-10-9-22/h1-6,14-17H,7-11H2,(H,23,25)(H,24,26)/t14-,15+,16-,17-/m1/s1. The molecule has 2 amide bonds. The summed E-state index contributed by atoms with van der Waals surface area (Å²) in [4.78, 5) is 25.6. The minimum absolute atomic E-state index is 0.0106. The predicted molar refractivity (Wildman–Crippen MR) is 99.7 cm³/mol. The topological polar surface area (TPSA) is 58.2 Å². The van der Waals surface area contributed by atoms with E-state index >= 15 is 0 Å². The third kappa shape index (κ3) is 2.88. The summed E-state index contributed by atoms with van der Waals surface area (Å²) in [5.74, 6) is -0.772. The first-order valence-corrected chi connectivity index (χ1v) is 9.90. The average Bonchev–Trinajstić information content (AvgIpc) is 3.31. The van der Waals surface area contributed by atoms with E-state index in [1.165, 1.54) is 0 Å². The van der Waals surface area contributed by atoms with E-state index in [0.717, 1.165) is 22.9 Å². The second-order valence-electron chi connectivity index (χ2n) is 7.55. The summed E-state index contributed by atoms with van der Waals surface area (Å²) in [5, 5.41) is 5.67. The van der Waals surface area contributed by atoms with Crippen molar-refractivity contribution >= 4 is 27.7 Å². The van der Waals surface area contributed by atoms with E-state index < -0.39 is 6.67 Å². The molecular formula is C20H22BrFN2O2. The van der Waals surface area contributed by atoms with Crippen LogP contribution in [0.3, 0.4) is 0 Å². The van der Waals surface area contributed by atoms with Crippen molar-refractivity contribution in [2.45, 2.75) is 19.4 Å². The van der Waals surface area contributed by atoms with E-state index in [2.05, 4.69) is 38.7 Å². The Morgan fingerprint density at radius 2 is 1.62 bits per heavy atom. The Bertz CT molecular complexity index is 745. The van der Waals surface area contributed by atoms with Crippen molar-refractivity contribution in [3.05, 3.63) is 46.5 Å². The molecule has 4 rings (SSSR count). The molecule has 1 spiro atoms. The molecular weight excluding hydrogens is 399 g/mol. The summed E-state index contributed by atoms with van der Waals surface area (Å²) in [6.45, 7) is -0.139. The van der Waals surface area contributed by atoms with Gasteiger partial charge in [-0.15, -0.1) is 0 Å². The molecule has 2 fully saturated rings. The first-order valence-electron chi connectivity index (χ1n) is 9.11. The summed E-state index contributed by atoms with van der Waals surface area (Å²) in [6.07, 6.45) is 6.37. The fraction of sp³-hybridized carbons (Fsp3) is 0.500. The van der Waals surface area contributed by atoms with Crippen LogP contribution >= 0.6 is 15.9 Å².